The Labute approximate surface area is 90.9 Å². The molecule has 1 rings (SSSR count). The minimum absolute atomic E-state index is 0.199. The number of aldehydes is 1. The molecule has 1 aromatic rings. The van der Waals surface area contributed by atoms with Gasteiger partial charge in [0, 0.05) is 18.9 Å². The van der Waals surface area contributed by atoms with Gasteiger partial charge in [-0.05, 0) is 24.0 Å². The Bertz CT molecular complexity index is 286. The van der Waals surface area contributed by atoms with Crippen LogP contribution < -0.4 is 0 Å². The number of carbonyl (C=O) groups is 1. The average molecular weight is 206 g/mol. The average Bonchev–Trinajstić information content (AvgIpc) is 2.29. The van der Waals surface area contributed by atoms with Gasteiger partial charge in [-0.2, -0.15) is 0 Å². The van der Waals surface area contributed by atoms with Crippen molar-refractivity contribution in [1.29, 1.82) is 0 Å². The molecule has 1 aromatic carbocycles. The second-order valence-corrected chi connectivity index (χ2v) is 3.73. The van der Waals surface area contributed by atoms with Gasteiger partial charge < -0.3 is 9.90 Å². The molecule has 2 heteroatoms. The molecule has 0 fully saturated rings. The summed E-state index contributed by atoms with van der Waals surface area (Å²) >= 11 is 0. The van der Waals surface area contributed by atoms with E-state index in [1.54, 1.807) is 0 Å². The topological polar surface area (TPSA) is 37.3 Å². The molecule has 0 saturated carbocycles. The van der Waals surface area contributed by atoms with Crippen LogP contribution in [0.3, 0.4) is 0 Å². The summed E-state index contributed by atoms with van der Waals surface area (Å²) in [7, 11) is 0. The smallest absolute Gasteiger partial charge is 0.120 e. The van der Waals surface area contributed by atoms with Crippen molar-refractivity contribution in [2.75, 3.05) is 6.61 Å². The summed E-state index contributed by atoms with van der Waals surface area (Å²) in [5.74, 6) is 0.241. The number of aliphatic hydroxyl groups is 1. The van der Waals surface area contributed by atoms with Crippen molar-refractivity contribution < 1.29 is 9.90 Å². The molecule has 15 heavy (non-hydrogen) atoms. The van der Waals surface area contributed by atoms with Crippen LogP contribution in [-0.2, 0) is 11.2 Å². The highest BCUT2D eigenvalue weighted by Gasteiger charge is 2.06. The summed E-state index contributed by atoms with van der Waals surface area (Å²) in [6.45, 7) is 2.27. The molecule has 0 aliphatic rings. The quantitative estimate of drug-likeness (QED) is 0.725. The Morgan fingerprint density at radius 2 is 2.00 bits per heavy atom. The van der Waals surface area contributed by atoms with Crippen molar-refractivity contribution in [2.24, 2.45) is 0 Å². The van der Waals surface area contributed by atoms with Gasteiger partial charge in [-0.1, -0.05) is 31.2 Å². The van der Waals surface area contributed by atoms with Crippen molar-refractivity contribution in [3.05, 3.63) is 35.4 Å². The van der Waals surface area contributed by atoms with Crippen molar-refractivity contribution in [1.82, 2.24) is 0 Å². The lowest BCUT2D eigenvalue weighted by molar-refractivity contribution is -0.107. The molecule has 0 radical (unpaired) electrons. The highest BCUT2D eigenvalue weighted by Crippen LogP contribution is 2.19. The van der Waals surface area contributed by atoms with Crippen LogP contribution in [0.15, 0.2) is 24.3 Å². The van der Waals surface area contributed by atoms with Gasteiger partial charge in [-0.25, -0.2) is 0 Å². The molecular weight excluding hydrogens is 188 g/mol. The molecule has 82 valence electrons. The maximum Gasteiger partial charge on any atom is 0.120 e. The molecule has 0 aromatic heterocycles. The molecule has 1 unspecified atom stereocenters. The van der Waals surface area contributed by atoms with Crippen LogP contribution in [0.1, 0.15) is 36.8 Å². The van der Waals surface area contributed by atoms with Gasteiger partial charge in [-0.3, -0.25) is 0 Å². The van der Waals surface area contributed by atoms with Crippen molar-refractivity contribution in [2.45, 2.75) is 32.1 Å². The number of aliphatic hydroxyl groups excluding tert-OH is 1. The maximum atomic E-state index is 10.2. The highest BCUT2D eigenvalue weighted by molar-refractivity contribution is 5.50. The largest absolute Gasteiger partial charge is 0.396 e. The molecule has 1 N–H and O–H groups in total. The zero-order valence-electron chi connectivity index (χ0n) is 9.15. The van der Waals surface area contributed by atoms with Crippen LogP contribution in [-0.4, -0.2) is 18.0 Å². The molecule has 0 spiro atoms. The molecule has 0 heterocycles. The van der Waals surface area contributed by atoms with E-state index >= 15 is 0 Å². The molecule has 0 aliphatic heterocycles. The standard InChI is InChI=1S/C13H18O2/c1-2-12(10-15)13-7-5-11(6-8-13)4-3-9-14/h5-9,12,15H,2-4,10H2,1H3. The van der Waals surface area contributed by atoms with Gasteiger partial charge in [0.2, 0.25) is 0 Å². The highest BCUT2D eigenvalue weighted by atomic mass is 16.3. The van der Waals surface area contributed by atoms with Gasteiger partial charge >= 0.3 is 0 Å². The maximum absolute atomic E-state index is 10.2. The van der Waals surface area contributed by atoms with Crippen LogP contribution in [0.2, 0.25) is 0 Å². The first-order valence-corrected chi connectivity index (χ1v) is 5.45. The van der Waals surface area contributed by atoms with E-state index in [-0.39, 0.29) is 12.5 Å². The van der Waals surface area contributed by atoms with E-state index in [0.29, 0.717) is 6.42 Å². The lowest BCUT2D eigenvalue weighted by Gasteiger charge is -2.12. The Morgan fingerprint density at radius 1 is 1.33 bits per heavy atom. The predicted molar refractivity (Wildman–Crippen MR) is 60.9 cm³/mol. The summed E-state index contributed by atoms with van der Waals surface area (Å²) in [5, 5.41) is 9.14. The second kappa shape index (κ2) is 6.36. The number of carbonyl (C=O) groups excluding carboxylic acids is 1. The molecule has 0 saturated heterocycles. The first-order chi connectivity index (χ1) is 7.31. The summed E-state index contributed by atoms with van der Waals surface area (Å²) in [4.78, 5) is 10.2. The summed E-state index contributed by atoms with van der Waals surface area (Å²) in [6.07, 6.45) is 3.27. The summed E-state index contributed by atoms with van der Waals surface area (Å²) < 4.78 is 0. The van der Waals surface area contributed by atoms with E-state index < -0.39 is 0 Å². The third-order valence-electron chi connectivity index (χ3n) is 2.72. The van der Waals surface area contributed by atoms with E-state index in [2.05, 4.69) is 6.92 Å². The van der Waals surface area contributed by atoms with Gasteiger partial charge in [0.15, 0.2) is 0 Å². The fourth-order valence-corrected chi connectivity index (χ4v) is 1.65. The zero-order chi connectivity index (χ0) is 11.1. The Balaban J connectivity index is 2.66. The summed E-state index contributed by atoms with van der Waals surface area (Å²) in [5.41, 5.74) is 2.36. The van der Waals surface area contributed by atoms with Crippen LogP contribution >= 0.6 is 0 Å². The lowest BCUT2D eigenvalue weighted by atomic mass is 9.96. The van der Waals surface area contributed by atoms with Crippen LogP contribution in [0, 0.1) is 0 Å². The molecule has 0 bridgehead atoms. The Morgan fingerprint density at radius 3 is 2.47 bits per heavy atom. The van der Waals surface area contributed by atoms with Gasteiger partial charge in [0.05, 0.1) is 0 Å². The van der Waals surface area contributed by atoms with Crippen LogP contribution in [0.25, 0.3) is 0 Å². The van der Waals surface area contributed by atoms with E-state index in [0.717, 1.165) is 19.1 Å². The van der Waals surface area contributed by atoms with Crippen LogP contribution in [0.5, 0.6) is 0 Å². The molecule has 0 amide bonds. The lowest BCUT2D eigenvalue weighted by Crippen LogP contribution is -2.02. The fourth-order valence-electron chi connectivity index (χ4n) is 1.65. The first-order valence-electron chi connectivity index (χ1n) is 5.45. The predicted octanol–water partition coefficient (Wildman–Crippen LogP) is 2.30. The fraction of sp³-hybridized carbons (Fsp3) is 0.462. The van der Waals surface area contributed by atoms with E-state index in [4.69, 9.17) is 5.11 Å². The van der Waals surface area contributed by atoms with Crippen molar-refractivity contribution in [3.8, 4) is 0 Å². The van der Waals surface area contributed by atoms with Gasteiger partial charge in [0.1, 0.15) is 6.29 Å². The number of rotatable bonds is 6. The molecule has 0 aliphatic carbocycles. The number of hydrogen-bond donors (Lipinski definition) is 1. The van der Waals surface area contributed by atoms with Crippen molar-refractivity contribution >= 4 is 6.29 Å². The third-order valence-corrected chi connectivity index (χ3v) is 2.72. The SMILES string of the molecule is CCC(CO)c1ccc(CCC=O)cc1. The zero-order valence-corrected chi connectivity index (χ0v) is 9.15. The Hall–Kier alpha value is -1.15. The van der Waals surface area contributed by atoms with E-state index in [1.165, 1.54) is 11.1 Å². The summed E-state index contributed by atoms with van der Waals surface area (Å²) in [6, 6.07) is 8.17. The minimum atomic E-state index is 0.199. The number of aryl methyl sites for hydroxylation is 1. The third kappa shape index (κ3) is 3.48. The molecule has 2 nitrogen and oxygen atoms in total. The van der Waals surface area contributed by atoms with Crippen molar-refractivity contribution in [3.63, 3.8) is 0 Å². The number of hydrogen-bond acceptors (Lipinski definition) is 2. The second-order valence-electron chi connectivity index (χ2n) is 3.73. The monoisotopic (exact) mass is 206 g/mol. The van der Waals surface area contributed by atoms with Gasteiger partial charge in [0.25, 0.3) is 0 Å². The Kier molecular flexibility index (Phi) is 5.05. The van der Waals surface area contributed by atoms with Gasteiger partial charge in [-0.15, -0.1) is 0 Å². The molecular formula is C13H18O2. The first kappa shape index (κ1) is 11.9. The van der Waals surface area contributed by atoms with Crippen LogP contribution in [0.4, 0.5) is 0 Å². The molecule has 1 atom stereocenters. The van der Waals surface area contributed by atoms with E-state index in [9.17, 15) is 4.79 Å². The minimum Gasteiger partial charge on any atom is -0.396 e. The normalized spacial score (nSPS) is 12.4. The number of benzene rings is 1. The van der Waals surface area contributed by atoms with E-state index in [1.807, 2.05) is 24.3 Å².